The third-order valence-corrected chi connectivity index (χ3v) is 2.58. The molecule has 1 fully saturated rings. The Bertz CT molecular complexity index is 404. The van der Waals surface area contributed by atoms with Crippen LogP contribution < -0.4 is 5.32 Å². The Balaban J connectivity index is 2.21. The van der Waals surface area contributed by atoms with Crippen molar-refractivity contribution in [2.75, 3.05) is 6.54 Å². The third-order valence-electron chi connectivity index (χ3n) is 2.58. The van der Waals surface area contributed by atoms with Crippen molar-refractivity contribution in [3.8, 4) is 0 Å². The molecule has 2 rings (SSSR count). The molecule has 1 aromatic rings. The van der Waals surface area contributed by atoms with Gasteiger partial charge in [-0.2, -0.15) is 0 Å². The highest BCUT2D eigenvalue weighted by Crippen LogP contribution is 2.25. The van der Waals surface area contributed by atoms with Crippen LogP contribution in [0.15, 0.2) is 30.3 Å². The summed E-state index contributed by atoms with van der Waals surface area (Å²) in [6, 6.07) is 9.25. The molecule has 1 saturated heterocycles. The third kappa shape index (κ3) is 1.98. The van der Waals surface area contributed by atoms with E-state index in [1.54, 1.807) is 0 Å². The molecule has 84 valence electrons. The second kappa shape index (κ2) is 4.22. The molecule has 1 aliphatic heterocycles. The van der Waals surface area contributed by atoms with E-state index in [1.807, 2.05) is 30.3 Å². The molecule has 5 nitrogen and oxygen atoms in total. The minimum absolute atomic E-state index is 0.246. The Morgan fingerprint density at radius 3 is 2.69 bits per heavy atom. The Labute approximate surface area is 92.0 Å². The van der Waals surface area contributed by atoms with E-state index in [0.717, 1.165) is 5.56 Å². The number of hydrogen-bond donors (Lipinski definition) is 2. The zero-order valence-electron chi connectivity index (χ0n) is 8.42. The minimum atomic E-state index is -1.43. The van der Waals surface area contributed by atoms with Crippen molar-refractivity contribution < 1.29 is 19.4 Å². The van der Waals surface area contributed by atoms with Crippen molar-refractivity contribution in [1.29, 1.82) is 0 Å². The summed E-state index contributed by atoms with van der Waals surface area (Å²) in [6.07, 6.45) is -2.37. The van der Waals surface area contributed by atoms with Crippen molar-refractivity contribution in [2.45, 2.75) is 12.0 Å². The predicted molar refractivity (Wildman–Crippen MR) is 55.1 cm³/mol. The molecule has 0 aromatic heterocycles. The molecule has 1 amide bonds. The lowest BCUT2D eigenvalue weighted by atomic mass is 9.96. The fraction of sp³-hybridized carbons (Fsp3) is 0.273. The van der Waals surface area contributed by atoms with Crippen LogP contribution >= 0.6 is 0 Å². The van der Waals surface area contributed by atoms with Crippen LogP contribution in [0.1, 0.15) is 11.5 Å². The molecule has 0 saturated carbocycles. The molecule has 2 atom stereocenters. The lowest BCUT2D eigenvalue weighted by molar-refractivity contribution is -0.127. The summed E-state index contributed by atoms with van der Waals surface area (Å²) in [5, 5.41) is 11.2. The molecule has 1 aliphatic rings. The van der Waals surface area contributed by atoms with Crippen molar-refractivity contribution in [3.63, 3.8) is 0 Å². The zero-order valence-corrected chi connectivity index (χ0v) is 8.42. The van der Waals surface area contributed by atoms with Gasteiger partial charge in [-0.1, -0.05) is 30.3 Å². The molecule has 1 heterocycles. The summed E-state index contributed by atoms with van der Waals surface area (Å²) in [7, 11) is 0. The maximum Gasteiger partial charge on any atom is 0.506 e. The van der Waals surface area contributed by atoms with Gasteiger partial charge < -0.3 is 15.2 Å². The number of amides is 1. The maximum atomic E-state index is 11.4. The molecule has 0 radical (unpaired) electrons. The molecule has 0 spiro atoms. The topological polar surface area (TPSA) is 75.6 Å². The van der Waals surface area contributed by atoms with E-state index in [4.69, 9.17) is 5.11 Å². The molecule has 0 bridgehead atoms. The molecular formula is C11H11NO4. The van der Waals surface area contributed by atoms with Crippen LogP contribution in [0.4, 0.5) is 4.79 Å². The van der Waals surface area contributed by atoms with Gasteiger partial charge in [0, 0.05) is 12.5 Å². The SMILES string of the molecule is O=C(O)O[C@@H]1C(=O)NC[C@@H]1c1ccccc1. The van der Waals surface area contributed by atoms with Crippen LogP contribution in [-0.2, 0) is 9.53 Å². The number of nitrogens with one attached hydrogen (secondary N) is 1. The number of hydrogen-bond acceptors (Lipinski definition) is 3. The Morgan fingerprint density at radius 1 is 1.38 bits per heavy atom. The Kier molecular flexibility index (Phi) is 2.76. The number of carboxylic acid groups (broad SMARTS) is 1. The van der Waals surface area contributed by atoms with Gasteiger partial charge in [-0.3, -0.25) is 4.79 Å². The molecule has 5 heteroatoms. The number of rotatable bonds is 2. The number of ether oxygens (including phenoxy) is 1. The molecule has 1 aromatic carbocycles. The van der Waals surface area contributed by atoms with Crippen molar-refractivity contribution in [3.05, 3.63) is 35.9 Å². The fourth-order valence-corrected chi connectivity index (χ4v) is 1.84. The zero-order chi connectivity index (χ0) is 11.5. The van der Waals surface area contributed by atoms with Crippen LogP contribution in [0.25, 0.3) is 0 Å². The van der Waals surface area contributed by atoms with Gasteiger partial charge in [-0.25, -0.2) is 4.79 Å². The number of benzene rings is 1. The summed E-state index contributed by atoms with van der Waals surface area (Å²) in [5.41, 5.74) is 0.895. The van der Waals surface area contributed by atoms with Crippen LogP contribution in [-0.4, -0.2) is 29.8 Å². The first-order valence-corrected chi connectivity index (χ1v) is 4.90. The van der Waals surface area contributed by atoms with E-state index in [-0.39, 0.29) is 11.8 Å². The smallest absolute Gasteiger partial charge is 0.450 e. The Morgan fingerprint density at radius 2 is 2.06 bits per heavy atom. The van der Waals surface area contributed by atoms with E-state index in [0.29, 0.717) is 6.54 Å². The molecular weight excluding hydrogens is 210 g/mol. The number of carbonyl (C=O) groups is 2. The molecule has 16 heavy (non-hydrogen) atoms. The van der Waals surface area contributed by atoms with Crippen LogP contribution in [0.2, 0.25) is 0 Å². The van der Waals surface area contributed by atoms with Crippen molar-refractivity contribution in [1.82, 2.24) is 5.32 Å². The van der Waals surface area contributed by atoms with Crippen LogP contribution in [0.5, 0.6) is 0 Å². The maximum absolute atomic E-state index is 11.4. The number of carbonyl (C=O) groups excluding carboxylic acids is 1. The van der Waals surface area contributed by atoms with Gasteiger partial charge in [0.25, 0.3) is 5.91 Å². The lowest BCUT2D eigenvalue weighted by Gasteiger charge is -2.15. The first kappa shape index (κ1) is 10.5. The second-order valence-electron chi connectivity index (χ2n) is 3.57. The molecule has 0 aliphatic carbocycles. The highest BCUT2D eigenvalue weighted by atomic mass is 16.7. The molecule has 2 N–H and O–H groups in total. The normalized spacial score (nSPS) is 23.9. The van der Waals surface area contributed by atoms with Gasteiger partial charge in [0.2, 0.25) is 0 Å². The van der Waals surface area contributed by atoms with Gasteiger partial charge in [-0.05, 0) is 5.56 Å². The van der Waals surface area contributed by atoms with Gasteiger partial charge in [0.15, 0.2) is 6.10 Å². The van der Waals surface area contributed by atoms with Gasteiger partial charge >= 0.3 is 6.16 Å². The minimum Gasteiger partial charge on any atom is -0.450 e. The highest BCUT2D eigenvalue weighted by molar-refractivity contribution is 5.86. The van der Waals surface area contributed by atoms with E-state index >= 15 is 0 Å². The summed E-state index contributed by atoms with van der Waals surface area (Å²) in [6.45, 7) is 0.404. The predicted octanol–water partition coefficient (Wildman–Crippen LogP) is 0.963. The standard InChI is InChI=1S/C11H11NO4/c13-10-9(16-11(14)15)8(6-12-10)7-4-2-1-3-5-7/h1-5,8-9H,6H2,(H,12,13)(H,14,15)/t8-,9+/m1/s1. The second-order valence-corrected chi connectivity index (χ2v) is 3.57. The first-order valence-electron chi connectivity index (χ1n) is 4.90. The van der Waals surface area contributed by atoms with Crippen LogP contribution in [0, 0.1) is 0 Å². The van der Waals surface area contributed by atoms with Crippen molar-refractivity contribution >= 4 is 12.1 Å². The average molecular weight is 221 g/mol. The fourth-order valence-electron chi connectivity index (χ4n) is 1.84. The highest BCUT2D eigenvalue weighted by Gasteiger charge is 2.38. The van der Waals surface area contributed by atoms with Crippen LogP contribution in [0.3, 0.4) is 0 Å². The summed E-state index contributed by atoms with van der Waals surface area (Å²) in [4.78, 5) is 21.9. The van der Waals surface area contributed by atoms with Gasteiger partial charge in [0.05, 0.1) is 0 Å². The summed E-state index contributed by atoms with van der Waals surface area (Å²) in [5.74, 6) is -0.624. The summed E-state index contributed by atoms with van der Waals surface area (Å²) >= 11 is 0. The quantitative estimate of drug-likeness (QED) is 0.729. The largest absolute Gasteiger partial charge is 0.506 e. The van der Waals surface area contributed by atoms with E-state index in [1.165, 1.54) is 0 Å². The molecule has 0 unspecified atom stereocenters. The van der Waals surface area contributed by atoms with E-state index < -0.39 is 12.3 Å². The van der Waals surface area contributed by atoms with E-state index in [9.17, 15) is 9.59 Å². The van der Waals surface area contributed by atoms with Gasteiger partial charge in [-0.15, -0.1) is 0 Å². The van der Waals surface area contributed by atoms with Gasteiger partial charge in [0.1, 0.15) is 0 Å². The monoisotopic (exact) mass is 221 g/mol. The summed E-state index contributed by atoms with van der Waals surface area (Å²) < 4.78 is 4.60. The Hall–Kier alpha value is -2.04. The first-order chi connectivity index (χ1) is 7.68. The lowest BCUT2D eigenvalue weighted by Crippen LogP contribution is -2.29. The van der Waals surface area contributed by atoms with E-state index in [2.05, 4.69) is 10.1 Å². The van der Waals surface area contributed by atoms with Crippen molar-refractivity contribution in [2.24, 2.45) is 0 Å². The average Bonchev–Trinajstić information content (AvgIpc) is 2.61.